The molecule has 0 bridgehead atoms. The first-order chi connectivity index (χ1) is 15.2. The predicted octanol–water partition coefficient (Wildman–Crippen LogP) is 3.71. The van der Waals surface area contributed by atoms with E-state index in [0.29, 0.717) is 13.2 Å². The van der Waals surface area contributed by atoms with Crippen LogP contribution in [0.4, 0.5) is 0 Å². The molecule has 156 valence electrons. The van der Waals surface area contributed by atoms with Gasteiger partial charge in [0.2, 0.25) is 5.91 Å². The largest absolute Gasteiger partial charge is 0.493 e. The van der Waals surface area contributed by atoms with Crippen LogP contribution in [0.5, 0.6) is 5.75 Å². The number of rotatable bonds is 4. The molecule has 1 amide bonds. The number of nitrogens with one attached hydrogen (secondary N) is 1. The van der Waals surface area contributed by atoms with Crippen LogP contribution in [0.2, 0.25) is 0 Å². The average molecular weight is 412 g/mol. The fourth-order valence-electron chi connectivity index (χ4n) is 4.26. The number of aryl methyl sites for hydroxylation is 1. The second-order valence-electron chi connectivity index (χ2n) is 8.01. The van der Waals surface area contributed by atoms with Crippen molar-refractivity contribution in [2.75, 3.05) is 6.61 Å². The summed E-state index contributed by atoms with van der Waals surface area (Å²) in [4.78, 5) is 26.3. The molecule has 2 aromatic heterocycles. The number of aliphatic imine (C=N–C) groups is 1. The Kier molecular flexibility index (Phi) is 5.20. The summed E-state index contributed by atoms with van der Waals surface area (Å²) in [5, 5.41) is 3.18. The van der Waals surface area contributed by atoms with Gasteiger partial charge in [-0.3, -0.25) is 19.8 Å². The Balaban J connectivity index is 1.29. The molecular formula is C25H24N4O2. The van der Waals surface area contributed by atoms with Gasteiger partial charge in [0.05, 0.1) is 37.0 Å². The van der Waals surface area contributed by atoms with Gasteiger partial charge >= 0.3 is 0 Å². The molecule has 6 heteroatoms. The zero-order chi connectivity index (χ0) is 21.2. The summed E-state index contributed by atoms with van der Waals surface area (Å²) in [6, 6.07) is 13.9. The number of hydrogen-bond donors (Lipinski definition) is 1. The maximum Gasteiger partial charge on any atom is 0.226 e. The monoisotopic (exact) mass is 412 g/mol. The van der Waals surface area contributed by atoms with Crippen molar-refractivity contribution in [3.63, 3.8) is 0 Å². The van der Waals surface area contributed by atoms with E-state index in [2.05, 4.69) is 15.3 Å². The zero-order valence-corrected chi connectivity index (χ0v) is 17.5. The van der Waals surface area contributed by atoms with Gasteiger partial charge in [-0.15, -0.1) is 0 Å². The van der Waals surface area contributed by atoms with Crippen LogP contribution >= 0.6 is 0 Å². The van der Waals surface area contributed by atoms with E-state index in [0.717, 1.165) is 57.9 Å². The molecule has 4 heterocycles. The maximum atomic E-state index is 12.8. The van der Waals surface area contributed by atoms with Crippen LogP contribution in [0.15, 0.2) is 59.9 Å². The fraction of sp³-hybridized carbons (Fsp3) is 0.280. The van der Waals surface area contributed by atoms with E-state index in [-0.39, 0.29) is 18.4 Å². The second kappa shape index (κ2) is 8.30. The smallest absolute Gasteiger partial charge is 0.226 e. The topological polar surface area (TPSA) is 76.5 Å². The van der Waals surface area contributed by atoms with Gasteiger partial charge in [0.1, 0.15) is 5.75 Å². The summed E-state index contributed by atoms with van der Waals surface area (Å²) in [6.07, 6.45) is 5.66. The van der Waals surface area contributed by atoms with Crippen molar-refractivity contribution < 1.29 is 9.53 Å². The van der Waals surface area contributed by atoms with E-state index >= 15 is 0 Å². The molecule has 5 rings (SSSR count). The Bertz CT molecular complexity index is 1170. The van der Waals surface area contributed by atoms with Crippen LogP contribution < -0.4 is 10.1 Å². The number of fused-ring (bicyclic) bond motifs is 2. The Hall–Kier alpha value is -3.54. The number of benzene rings is 1. The molecule has 0 aliphatic carbocycles. The lowest BCUT2D eigenvalue weighted by Crippen LogP contribution is -2.30. The van der Waals surface area contributed by atoms with Crippen LogP contribution in [0.25, 0.3) is 0 Å². The molecule has 0 radical (unpaired) electrons. The number of pyridine rings is 2. The van der Waals surface area contributed by atoms with E-state index in [1.54, 1.807) is 6.20 Å². The number of aromatic nitrogens is 2. The number of carbonyl (C=O) groups is 1. The highest BCUT2D eigenvalue weighted by Crippen LogP contribution is 2.31. The van der Waals surface area contributed by atoms with Gasteiger partial charge in [-0.1, -0.05) is 18.2 Å². The van der Waals surface area contributed by atoms with Gasteiger partial charge in [0.15, 0.2) is 0 Å². The Morgan fingerprint density at radius 2 is 2.10 bits per heavy atom. The van der Waals surface area contributed by atoms with E-state index < -0.39 is 0 Å². The van der Waals surface area contributed by atoms with Crippen LogP contribution in [-0.2, 0) is 17.8 Å². The minimum absolute atomic E-state index is 0.0296. The number of para-hydroxylation sites is 1. The lowest BCUT2D eigenvalue weighted by Gasteiger charge is -2.18. The molecule has 1 aromatic carbocycles. The highest BCUT2D eigenvalue weighted by Gasteiger charge is 2.23. The van der Waals surface area contributed by atoms with Crippen molar-refractivity contribution >= 4 is 11.6 Å². The van der Waals surface area contributed by atoms with Crippen molar-refractivity contribution in [1.82, 2.24) is 15.3 Å². The highest BCUT2D eigenvalue weighted by molar-refractivity contribution is 6.15. The molecule has 2 aliphatic heterocycles. The minimum Gasteiger partial charge on any atom is -0.493 e. The second-order valence-corrected chi connectivity index (χ2v) is 8.01. The number of ether oxygens (including phenoxy) is 1. The minimum atomic E-state index is -0.0366. The zero-order valence-electron chi connectivity index (χ0n) is 17.5. The molecule has 0 fully saturated rings. The summed E-state index contributed by atoms with van der Waals surface area (Å²) in [7, 11) is 0. The molecule has 0 saturated carbocycles. The summed E-state index contributed by atoms with van der Waals surface area (Å²) < 4.78 is 5.80. The Morgan fingerprint density at radius 3 is 3.00 bits per heavy atom. The van der Waals surface area contributed by atoms with Gasteiger partial charge in [0, 0.05) is 34.8 Å². The first kappa shape index (κ1) is 19.4. The van der Waals surface area contributed by atoms with Gasteiger partial charge in [0.25, 0.3) is 0 Å². The Morgan fingerprint density at radius 1 is 1.19 bits per heavy atom. The molecule has 1 unspecified atom stereocenters. The van der Waals surface area contributed by atoms with Crippen molar-refractivity contribution in [2.45, 2.75) is 38.8 Å². The van der Waals surface area contributed by atoms with Crippen molar-refractivity contribution in [2.24, 2.45) is 4.99 Å². The summed E-state index contributed by atoms with van der Waals surface area (Å²) in [5.74, 6) is 0.829. The summed E-state index contributed by atoms with van der Waals surface area (Å²) >= 11 is 0. The maximum absolute atomic E-state index is 12.8. The van der Waals surface area contributed by atoms with Crippen molar-refractivity contribution in [3.05, 3.63) is 88.5 Å². The lowest BCUT2D eigenvalue weighted by molar-refractivity contribution is -0.121. The van der Waals surface area contributed by atoms with Gasteiger partial charge in [-0.05, 0) is 49.6 Å². The average Bonchev–Trinajstić information content (AvgIpc) is 3.09. The quantitative estimate of drug-likeness (QED) is 0.709. The van der Waals surface area contributed by atoms with E-state index in [4.69, 9.17) is 9.73 Å². The van der Waals surface area contributed by atoms with E-state index in [1.165, 1.54) is 0 Å². The van der Waals surface area contributed by atoms with E-state index in [1.807, 2.05) is 55.6 Å². The fourth-order valence-corrected chi connectivity index (χ4v) is 4.26. The summed E-state index contributed by atoms with van der Waals surface area (Å²) in [6.45, 7) is 3.25. The first-order valence-corrected chi connectivity index (χ1v) is 10.6. The van der Waals surface area contributed by atoms with Gasteiger partial charge < -0.3 is 10.1 Å². The number of carbonyl (C=O) groups excluding carboxylic acids is 1. The van der Waals surface area contributed by atoms with Gasteiger partial charge in [-0.25, -0.2) is 0 Å². The van der Waals surface area contributed by atoms with Crippen LogP contribution in [0.3, 0.4) is 0 Å². The first-order valence-electron chi connectivity index (χ1n) is 10.6. The molecule has 3 aromatic rings. The number of nitrogens with zero attached hydrogens (tertiary/aromatic N) is 3. The molecule has 2 aliphatic rings. The Labute approximate surface area is 181 Å². The standard InChI is InChI=1S/C25H24N4O2/c1-16-11-17(8-9-26-16)25-21-15-27-19(12-18(21)14-28-25)13-24(30)29-22-6-4-10-31-23-7-3-2-5-20(22)23/h2-3,5,7-9,11-12,15,22H,4,6,10,13-14H2,1H3,(H,29,30). The number of amides is 1. The molecule has 0 spiro atoms. The third-order valence-corrected chi connectivity index (χ3v) is 5.75. The summed E-state index contributed by atoms with van der Waals surface area (Å²) in [5.41, 5.74) is 6.89. The van der Waals surface area contributed by atoms with Crippen molar-refractivity contribution in [1.29, 1.82) is 0 Å². The van der Waals surface area contributed by atoms with Crippen LogP contribution in [0.1, 0.15) is 52.5 Å². The van der Waals surface area contributed by atoms with Crippen LogP contribution in [-0.4, -0.2) is 28.2 Å². The SMILES string of the molecule is Cc1cc(C2=NCc3cc(CC(=O)NC4CCCOc5ccccc54)ncc32)ccn1. The molecule has 31 heavy (non-hydrogen) atoms. The highest BCUT2D eigenvalue weighted by atomic mass is 16.5. The predicted molar refractivity (Wildman–Crippen MR) is 118 cm³/mol. The molecule has 1 atom stereocenters. The van der Waals surface area contributed by atoms with Crippen molar-refractivity contribution in [3.8, 4) is 5.75 Å². The third-order valence-electron chi connectivity index (χ3n) is 5.75. The van der Waals surface area contributed by atoms with E-state index in [9.17, 15) is 4.79 Å². The number of hydrogen-bond acceptors (Lipinski definition) is 5. The lowest BCUT2D eigenvalue weighted by atomic mass is 10.0. The molecule has 1 N–H and O–H groups in total. The normalized spacial score (nSPS) is 17.1. The van der Waals surface area contributed by atoms with Gasteiger partial charge in [-0.2, -0.15) is 0 Å². The third kappa shape index (κ3) is 4.06. The van der Waals surface area contributed by atoms with Crippen LogP contribution in [0, 0.1) is 6.92 Å². The molecular weight excluding hydrogens is 388 g/mol. The molecule has 0 saturated heterocycles. The molecule has 6 nitrogen and oxygen atoms in total.